The maximum atomic E-state index is 8.66. The molecular weight excluding hydrogens is 234 g/mol. The van der Waals surface area contributed by atoms with Gasteiger partial charge in [0.2, 0.25) is 0 Å². The first-order valence-electron chi connectivity index (χ1n) is 5.73. The van der Waals surface area contributed by atoms with Gasteiger partial charge in [0, 0.05) is 17.0 Å². The number of hydrogen-bond donors (Lipinski definition) is 0. The van der Waals surface area contributed by atoms with Crippen LogP contribution >= 0.6 is 11.6 Å². The highest BCUT2D eigenvalue weighted by molar-refractivity contribution is 6.31. The smallest absolute Gasteiger partial charge is 0.125 e. The molecule has 0 aromatic heterocycles. The Morgan fingerprint density at radius 1 is 1.47 bits per heavy atom. The zero-order valence-corrected chi connectivity index (χ0v) is 11.6. The van der Waals surface area contributed by atoms with E-state index in [0.29, 0.717) is 6.42 Å². The van der Waals surface area contributed by atoms with E-state index in [1.165, 1.54) is 0 Å². The lowest BCUT2D eigenvalue weighted by Crippen LogP contribution is -2.03. The second-order valence-electron chi connectivity index (χ2n) is 4.35. The van der Waals surface area contributed by atoms with Crippen LogP contribution in [0, 0.1) is 25.2 Å². The topological polar surface area (TPSA) is 33.0 Å². The summed E-state index contributed by atoms with van der Waals surface area (Å²) in [4.78, 5) is 0. The summed E-state index contributed by atoms with van der Waals surface area (Å²) in [6.45, 7) is 6.10. The van der Waals surface area contributed by atoms with Crippen LogP contribution < -0.4 is 4.74 Å². The fraction of sp³-hybridized carbons (Fsp3) is 0.500. The van der Waals surface area contributed by atoms with Gasteiger partial charge in [-0.05, 0) is 43.4 Å². The molecule has 0 aliphatic heterocycles. The Morgan fingerprint density at radius 2 is 2.12 bits per heavy atom. The summed E-state index contributed by atoms with van der Waals surface area (Å²) in [6.07, 6.45) is 1.38. The molecule has 0 saturated carbocycles. The zero-order chi connectivity index (χ0) is 13.0. The normalized spacial score (nSPS) is 12.0. The Morgan fingerprint density at radius 3 is 2.65 bits per heavy atom. The van der Waals surface area contributed by atoms with E-state index in [0.717, 1.165) is 33.9 Å². The molecule has 0 aliphatic carbocycles. The standard InChI is InChI=1S/C14H18ClNO/c1-9(6-5-7-16)13-11(3)12(15)8-10(2)14(13)17-4/h8-9H,5-6H2,1-4H3. The van der Waals surface area contributed by atoms with Crippen LogP contribution in [0.1, 0.15) is 42.4 Å². The predicted octanol–water partition coefficient (Wildman–Crippen LogP) is 4.37. The van der Waals surface area contributed by atoms with Gasteiger partial charge >= 0.3 is 0 Å². The van der Waals surface area contributed by atoms with Gasteiger partial charge in [0.05, 0.1) is 13.2 Å². The number of aryl methyl sites for hydroxylation is 1. The van der Waals surface area contributed by atoms with Crippen LogP contribution in [0.2, 0.25) is 5.02 Å². The minimum atomic E-state index is 0.280. The van der Waals surface area contributed by atoms with Gasteiger partial charge in [0.15, 0.2) is 0 Å². The zero-order valence-electron chi connectivity index (χ0n) is 10.8. The molecule has 1 unspecified atom stereocenters. The fourth-order valence-corrected chi connectivity index (χ4v) is 2.43. The molecule has 0 amide bonds. The van der Waals surface area contributed by atoms with Crippen molar-refractivity contribution in [1.29, 1.82) is 5.26 Å². The Bertz CT molecular complexity index is 449. The summed E-state index contributed by atoms with van der Waals surface area (Å²) >= 11 is 6.21. The SMILES string of the molecule is COc1c(C)cc(Cl)c(C)c1C(C)CCC#N. The van der Waals surface area contributed by atoms with Gasteiger partial charge in [-0.1, -0.05) is 18.5 Å². The third-order valence-corrected chi connectivity index (χ3v) is 3.49. The van der Waals surface area contributed by atoms with E-state index in [9.17, 15) is 0 Å². The van der Waals surface area contributed by atoms with Gasteiger partial charge in [-0.15, -0.1) is 0 Å². The maximum absolute atomic E-state index is 8.66. The second kappa shape index (κ2) is 5.93. The molecule has 0 heterocycles. The van der Waals surface area contributed by atoms with Crippen LogP contribution in [0.25, 0.3) is 0 Å². The van der Waals surface area contributed by atoms with Crippen LogP contribution in [0.15, 0.2) is 6.07 Å². The molecular formula is C14H18ClNO. The minimum Gasteiger partial charge on any atom is -0.496 e. The highest BCUT2D eigenvalue weighted by atomic mass is 35.5. The highest BCUT2D eigenvalue weighted by Crippen LogP contribution is 2.38. The first-order valence-corrected chi connectivity index (χ1v) is 6.11. The average Bonchev–Trinajstić information content (AvgIpc) is 2.30. The molecule has 0 fully saturated rings. The van der Waals surface area contributed by atoms with Crippen molar-refractivity contribution in [2.24, 2.45) is 0 Å². The highest BCUT2D eigenvalue weighted by Gasteiger charge is 2.18. The van der Waals surface area contributed by atoms with Crippen LogP contribution in [0.5, 0.6) is 5.75 Å². The maximum Gasteiger partial charge on any atom is 0.125 e. The van der Waals surface area contributed by atoms with E-state index < -0.39 is 0 Å². The monoisotopic (exact) mass is 251 g/mol. The first-order chi connectivity index (χ1) is 8.02. The Hall–Kier alpha value is -1.20. The summed E-state index contributed by atoms with van der Waals surface area (Å²) < 4.78 is 5.47. The van der Waals surface area contributed by atoms with Gasteiger partial charge in [-0.2, -0.15) is 5.26 Å². The van der Waals surface area contributed by atoms with E-state index in [4.69, 9.17) is 21.6 Å². The van der Waals surface area contributed by atoms with E-state index in [-0.39, 0.29) is 5.92 Å². The number of halogens is 1. The second-order valence-corrected chi connectivity index (χ2v) is 4.75. The summed E-state index contributed by atoms with van der Waals surface area (Å²) in [6, 6.07) is 4.11. The molecule has 0 radical (unpaired) electrons. The third kappa shape index (κ3) is 2.92. The minimum absolute atomic E-state index is 0.280. The number of methoxy groups -OCH3 is 1. The molecule has 0 saturated heterocycles. The van der Waals surface area contributed by atoms with Crippen LogP contribution in [0.3, 0.4) is 0 Å². The van der Waals surface area contributed by atoms with Crippen LogP contribution in [-0.2, 0) is 0 Å². The molecule has 1 atom stereocenters. The molecule has 2 nitrogen and oxygen atoms in total. The van der Waals surface area contributed by atoms with E-state index in [1.807, 2.05) is 19.9 Å². The Balaban J connectivity index is 3.24. The molecule has 0 aliphatic rings. The van der Waals surface area contributed by atoms with Crippen molar-refractivity contribution in [3.05, 3.63) is 27.8 Å². The number of rotatable bonds is 4. The molecule has 0 N–H and O–H groups in total. The average molecular weight is 252 g/mol. The molecule has 0 bridgehead atoms. The lowest BCUT2D eigenvalue weighted by molar-refractivity contribution is 0.401. The summed E-state index contributed by atoms with van der Waals surface area (Å²) in [5.41, 5.74) is 3.23. The van der Waals surface area contributed by atoms with E-state index in [1.54, 1.807) is 7.11 Å². The van der Waals surface area contributed by atoms with Crippen molar-refractivity contribution in [2.45, 2.75) is 39.5 Å². The Kier molecular flexibility index (Phi) is 4.84. The lowest BCUT2D eigenvalue weighted by atomic mass is 9.90. The van der Waals surface area contributed by atoms with Gasteiger partial charge in [-0.3, -0.25) is 0 Å². The molecule has 17 heavy (non-hydrogen) atoms. The van der Waals surface area contributed by atoms with Crippen LogP contribution in [0.4, 0.5) is 0 Å². The lowest BCUT2D eigenvalue weighted by Gasteiger charge is -2.20. The quantitative estimate of drug-likeness (QED) is 0.796. The van der Waals surface area contributed by atoms with Crippen molar-refractivity contribution in [3.8, 4) is 11.8 Å². The van der Waals surface area contributed by atoms with Crippen molar-refractivity contribution in [1.82, 2.24) is 0 Å². The third-order valence-electron chi connectivity index (χ3n) is 3.09. The van der Waals surface area contributed by atoms with Crippen molar-refractivity contribution >= 4 is 11.6 Å². The largest absolute Gasteiger partial charge is 0.496 e. The van der Waals surface area contributed by atoms with Gasteiger partial charge in [0.1, 0.15) is 5.75 Å². The Labute approximate surface area is 108 Å². The van der Waals surface area contributed by atoms with Crippen LogP contribution in [-0.4, -0.2) is 7.11 Å². The fourth-order valence-electron chi connectivity index (χ4n) is 2.16. The van der Waals surface area contributed by atoms with Crippen molar-refractivity contribution in [2.75, 3.05) is 7.11 Å². The van der Waals surface area contributed by atoms with Gasteiger partial charge in [0.25, 0.3) is 0 Å². The molecule has 0 spiro atoms. The van der Waals surface area contributed by atoms with Gasteiger partial charge < -0.3 is 4.74 Å². The number of nitrogens with zero attached hydrogens (tertiary/aromatic N) is 1. The van der Waals surface area contributed by atoms with Crippen molar-refractivity contribution < 1.29 is 4.74 Å². The molecule has 1 aromatic carbocycles. The van der Waals surface area contributed by atoms with Gasteiger partial charge in [-0.25, -0.2) is 0 Å². The number of benzene rings is 1. The molecule has 3 heteroatoms. The summed E-state index contributed by atoms with van der Waals surface area (Å²) in [5.74, 6) is 1.18. The molecule has 92 valence electrons. The van der Waals surface area contributed by atoms with E-state index in [2.05, 4.69) is 13.0 Å². The number of ether oxygens (including phenoxy) is 1. The predicted molar refractivity (Wildman–Crippen MR) is 70.7 cm³/mol. The van der Waals surface area contributed by atoms with Crippen molar-refractivity contribution in [3.63, 3.8) is 0 Å². The molecule has 1 aromatic rings. The first kappa shape index (κ1) is 13.9. The number of hydrogen-bond acceptors (Lipinski definition) is 2. The summed E-state index contributed by atoms with van der Waals surface area (Å²) in [7, 11) is 1.68. The molecule has 1 rings (SSSR count). The summed E-state index contributed by atoms with van der Waals surface area (Å²) in [5, 5.41) is 9.43. The number of nitriles is 1. The van der Waals surface area contributed by atoms with E-state index >= 15 is 0 Å².